The van der Waals surface area contributed by atoms with Crippen molar-refractivity contribution in [3.8, 4) is 0 Å². The second-order valence-electron chi connectivity index (χ2n) is 4.36. The molecule has 16 heavy (non-hydrogen) atoms. The van der Waals surface area contributed by atoms with E-state index < -0.39 is 0 Å². The van der Waals surface area contributed by atoms with Crippen molar-refractivity contribution in [1.29, 1.82) is 0 Å². The highest BCUT2D eigenvalue weighted by molar-refractivity contribution is 5.96. The van der Waals surface area contributed by atoms with Crippen molar-refractivity contribution in [2.45, 2.75) is 46.5 Å². The molecule has 0 N–H and O–H groups in total. The predicted molar refractivity (Wildman–Crippen MR) is 68.8 cm³/mol. The first kappa shape index (κ1) is 13.0. The lowest BCUT2D eigenvalue weighted by atomic mass is 9.93. The Bertz CT molecular complexity index is 320. The van der Waals surface area contributed by atoms with Crippen LogP contribution in [-0.4, -0.2) is 5.78 Å². The molecule has 1 nitrogen and oxygen atoms in total. The van der Waals surface area contributed by atoms with Gasteiger partial charge in [-0.05, 0) is 17.9 Å². The first-order chi connectivity index (χ1) is 7.71. The molecule has 0 saturated heterocycles. The zero-order valence-corrected chi connectivity index (χ0v) is 10.6. The Morgan fingerprint density at radius 1 is 1.06 bits per heavy atom. The molecule has 1 heteroatoms. The Kier molecular flexibility index (Phi) is 5.24. The molecule has 1 aromatic rings. The van der Waals surface area contributed by atoms with E-state index in [1.807, 2.05) is 12.1 Å². The number of aryl methyl sites for hydroxylation is 1. The van der Waals surface area contributed by atoms with Crippen LogP contribution in [0, 0.1) is 5.92 Å². The molecule has 0 saturated carbocycles. The topological polar surface area (TPSA) is 17.1 Å². The van der Waals surface area contributed by atoms with Gasteiger partial charge in [-0.15, -0.1) is 0 Å². The molecule has 0 amide bonds. The monoisotopic (exact) mass is 218 g/mol. The second kappa shape index (κ2) is 6.47. The predicted octanol–water partition coefficient (Wildman–Crippen LogP) is 4.26. The zero-order chi connectivity index (χ0) is 12.0. The maximum Gasteiger partial charge on any atom is 0.163 e. The van der Waals surface area contributed by atoms with E-state index >= 15 is 0 Å². The summed E-state index contributed by atoms with van der Waals surface area (Å²) in [5.74, 6) is 0.828. The van der Waals surface area contributed by atoms with Crippen LogP contribution in [0.4, 0.5) is 0 Å². The third-order valence-corrected chi connectivity index (χ3v) is 3.31. The molecule has 0 heterocycles. The number of carbonyl (C=O) groups excluding carboxylic acids is 1. The molecule has 0 aliphatic rings. The highest BCUT2D eigenvalue weighted by Gasteiger charge is 2.11. The van der Waals surface area contributed by atoms with Crippen molar-refractivity contribution in [3.63, 3.8) is 0 Å². The maximum absolute atomic E-state index is 12.0. The van der Waals surface area contributed by atoms with Crippen LogP contribution in [0.3, 0.4) is 0 Å². The van der Waals surface area contributed by atoms with Crippen molar-refractivity contribution in [2.24, 2.45) is 5.92 Å². The van der Waals surface area contributed by atoms with Gasteiger partial charge in [-0.2, -0.15) is 0 Å². The highest BCUT2D eigenvalue weighted by atomic mass is 16.1. The fraction of sp³-hybridized carbons (Fsp3) is 0.533. The van der Waals surface area contributed by atoms with Gasteiger partial charge in [-0.1, -0.05) is 57.9 Å². The number of ketones is 1. The minimum absolute atomic E-state index is 0.288. The molecule has 0 aromatic heterocycles. The number of Topliss-reactive ketones (excluding diaryl/α,β-unsaturated/α-hetero) is 1. The second-order valence-corrected chi connectivity index (χ2v) is 4.36. The summed E-state index contributed by atoms with van der Waals surface area (Å²) in [6.45, 7) is 6.43. The summed E-state index contributed by atoms with van der Waals surface area (Å²) >= 11 is 0. The average Bonchev–Trinajstić information content (AvgIpc) is 2.35. The van der Waals surface area contributed by atoms with E-state index in [1.54, 1.807) is 0 Å². The lowest BCUT2D eigenvalue weighted by Crippen LogP contribution is -2.07. The summed E-state index contributed by atoms with van der Waals surface area (Å²) < 4.78 is 0. The Morgan fingerprint density at radius 3 is 2.06 bits per heavy atom. The highest BCUT2D eigenvalue weighted by Crippen LogP contribution is 2.16. The van der Waals surface area contributed by atoms with E-state index in [0.717, 1.165) is 24.8 Å². The van der Waals surface area contributed by atoms with Crippen molar-refractivity contribution in [2.75, 3.05) is 0 Å². The van der Waals surface area contributed by atoms with Crippen molar-refractivity contribution >= 4 is 5.78 Å². The van der Waals surface area contributed by atoms with E-state index in [4.69, 9.17) is 0 Å². The third-order valence-electron chi connectivity index (χ3n) is 3.31. The number of rotatable bonds is 6. The fourth-order valence-electron chi connectivity index (χ4n) is 1.88. The lowest BCUT2D eigenvalue weighted by molar-refractivity contribution is 0.0958. The number of hydrogen-bond donors (Lipinski definition) is 0. The van der Waals surface area contributed by atoms with E-state index in [9.17, 15) is 4.79 Å². The molecule has 0 spiro atoms. The van der Waals surface area contributed by atoms with Gasteiger partial charge in [-0.3, -0.25) is 4.79 Å². The summed E-state index contributed by atoms with van der Waals surface area (Å²) in [5.41, 5.74) is 2.16. The lowest BCUT2D eigenvalue weighted by Gasteiger charge is -2.11. The normalized spacial score (nSPS) is 10.8. The number of hydrogen-bond acceptors (Lipinski definition) is 1. The van der Waals surface area contributed by atoms with Gasteiger partial charge in [0.2, 0.25) is 0 Å². The van der Waals surface area contributed by atoms with E-state index in [1.165, 1.54) is 5.56 Å². The van der Waals surface area contributed by atoms with Gasteiger partial charge in [0.05, 0.1) is 0 Å². The molecule has 0 unspecified atom stereocenters. The van der Waals surface area contributed by atoms with Gasteiger partial charge in [0.1, 0.15) is 0 Å². The van der Waals surface area contributed by atoms with Crippen molar-refractivity contribution in [3.05, 3.63) is 35.4 Å². The van der Waals surface area contributed by atoms with Crippen LogP contribution < -0.4 is 0 Å². The van der Waals surface area contributed by atoms with E-state index in [-0.39, 0.29) is 5.78 Å². The van der Waals surface area contributed by atoms with Gasteiger partial charge < -0.3 is 0 Å². The summed E-state index contributed by atoms with van der Waals surface area (Å²) in [6, 6.07) is 8.04. The minimum Gasteiger partial charge on any atom is -0.294 e. The average molecular weight is 218 g/mol. The minimum atomic E-state index is 0.288. The van der Waals surface area contributed by atoms with Gasteiger partial charge >= 0.3 is 0 Å². The summed E-state index contributed by atoms with van der Waals surface area (Å²) in [7, 11) is 0. The fourth-order valence-corrected chi connectivity index (χ4v) is 1.88. The Morgan fingerprint density at radius 2 is 1.62 bits per heavy atom. The smallest absolute Gasteiger partial charge is 0.163 e. The van der Waals surface area contributed by atoms with Crippen LogP contribution in [0.15, 0.2) is 24.3 Å². The summed E-state index contributed by atoms with van der Waals surface area (Å²) in [4.78, 5) is 12.0. The van der Waals surface area contributed by atoms with Crippen LogP contribution in [0.5, 0.6) is 0 Å². The molecule has 0 bridgehead atoms. The first-order valence-corrected chi connectivity index (χ1v) is 6.33. The maximum atomic E-state index is 12.0. The van der Waals surface area contributed by atoms with E-state index in [2.05, 4.69) is 32.9 Å². The molecule has 1 rings (SSSR count). The quantitative estimate of drug-likeness (QED) is 0.652. The van der Waals surface area contributed by atoms with Crippen LogP contribution in [-0.2, 0) is 6.42 Å². The Hall–Kier alpha value is -1.11. The Labute approximate surface area is 98.9 Å². The first-order valence-electron chi connectivity index (χ1n) is 6.33. The molecular formula is C15H22O. The number of benzene rings is 1. The van der Waals surface area contributed by atoms with Gasteiger partial charge in [0.25, 0.3) is 0 Å². The van der Waals surface area contributed by atoms with Crippen LogP contribution in [0.25, 0.3) is 0 Å². The van der Waals surface area contributed by atoms with Crippen LogP contribution in [0.2, 0.25) is 0 Å². The largest absolute Gasteiger partial charge is 0.294 e. The molecule has 1 aromatic carbocycles. The van der Waals surface area contributed by atoms with Crippen LogP contribution in [0.1, 0.15) is 56.0 Å². The van der Waals surface area contributed by atoms with Crippen molar-refractivity contribution in [1.82, 2.24) is 0 Å². The summed E-state index contributed by atoms with van der Waals surface area (Å²) in [5, 5.41) is 0. The van der Waals surface area contributed by atoms with Gasteiger partial charge in [-0.25, -0.2) is 0 Å². The van der Waals surface area contributed by atoms with Crippen molar-refractivity contribution < 1.29 is 4.79 Å². The van der Waals surface area contributed by atoms with E-state index in [0.29, 0.717) is 12.3 Å². The number of carbonyl (C=O) groups is 1. The third kappa shape index (κ3) is 3.48. The SMILES string of the molecule is CCc1ccc(C(=O)CC(CC)CC)cc1. The van der Waals surface area contributed by atoms with Gasteiger partial charge in [0, 0.05) is 12.0 Å². The van der Waals surface area contributed by atoms with Gasteiger partial charge in [0.15, 0.2) is 5.78 Å². The molecular weight excluding hydrogens is 196 g/mol. The summed E-state index contributed by atoms with van der Waals surface area (Å²) in [6.07, 6.45) is 3.91. The molecule has 0 aliphatic heterocycles. The Balaban J connectivity index is 2.65. The molecule has 88 valence electrons. The molecule has 0 radical (unpaired) electrons. The standard InChI is InChI=1S/C15H22O/c1-4-12(5-2)11-15(16)14-9-7-13(6-3)8-10-14/h7-10,12H,4-6,11H2,1-3H3. The van der Waals surface area contributed by atoms with Crippen LogP contribution >= 0.6 is 0 Å². The molecule has 0 aliphatic carbocycles. The molecule has 0 fully saturated rings. The zero-order valence-electron chi connectivity index (χ0n) is 10.6. The molecule has 0 atom stereocenters.